The molecule has 0 atom stereocenters. The van der Waals surface area contributed by atoms with Crippen LogP contribution in [0, 0.1) is 0 Å². The van der Waals surface area contributed by atoms with Gasteiger partial charge in [0.1, 0.15) is 11.5 Å². The minimum Gasteiger partial charge on any atom is -0.508 e. The fraction of sp³-hybridized carbons (Fsp3) is 0.571. The number of nitrogens with zero attached hydrogens (tertiary/aromatic N) is 1. The predicted octanol–water partition coefficient (Wildman–Crippen LogP) is 0.396. The Labute approximate surface area is 114 Å². The molecule has 0 aromatic heterocycles. The van der Waals surface area contributed by atoms with E-state index in [2.05, 4.69) is 15.5 Å². The molecule has 1 fully saturated rings. The third-order valence-electron chi connectivity index (χ3n) is 3.37. The zero-order valence-corrected chi connectivity index (χ0v) is 11.5. The lowest BCUT2D eigenvalue weighted by Gasteiger charge is -2.22. The Morgan fingerprint density at radius 1 is 1.16 bits per heavy atom. The van der Waals surface area contributed by atoms with E-state index in [4.69, 9.17) is 4.74 Å². The largest absolute Gasteiger partial charge is 0.508 e. The number of benzene rings is 1. The molecule has 106 valence electrons. The van der Waals surface area contributed by atoms with Gasteiger partial charge in [-0.1, -0.05) is 0 Å². The summed E-state index contributed by atoms with van der Waals surface area (Å²) in [7, 11) is 1.64. The Hall–Kier alpha value is -1.30. The molecule has 2 rings (SSSR count). The molecule has 0 spiro atoms. The normalized spacial score (nSPS) is 18.4. The number of hydrogen-bond donors (Lipinski definition) is 3. The number of aromatic hydroxyl groups is 1. The van der Waals surface area contributed by atoms with E-state index in [0.29, 0.717) is 5.75 Å². The van der Waals surface area contributed by atoms with Gasteiger partial charge < -0.3 is 20.5 Å². The zero-order valence-electron chi connectivity index (χ0n) is 11.5. The van der Waals surface area contributed by atoms with Gasteiger partial charge in [-0.25, -0.2) is 0 Å². The number of phenols is 1. The molecule has 19 heavy (non-hydrogen) atoms. The van der Waals surface area contributed by atoms with E-state index in [1.807, 2.05) is 6.07 Å². The lowest BCUT2D eigenvalue weighted by molar-refractivity contribution is 0.268. The van der Waals surface area contributed by atoms with Gasteiger partial charge in [0.2, 0.25) is 0 Å². The smallest absolute Gasteiger partial charge is 0.120 e. The third-order valence-corrected chi connectivity index (χ3v) is 3.37. The second-order valence-corrected chi connectivity index (χ2v) is 4.77. The topological polar surface area (TPSA) is 56.8 Å². The predicted molar refractivity (Wildman–Crippen MR) is 75.7 cm³/mol. The second-order valence-electron chi connectivity index (χ2n) is 4.77. The molecule has 1 aromatic rings. The second kappa shape index (κ2) is 7.33. The van der Waals surface area contributed by atoms with Gasteiger partial charge >= 0.3 is 0 Å². The summed E-state index contributed by atoms with van der Waals surface area (Å²) in [5.74, 6) is 1.12. The molecular weight excluding hydrogens is 242 g/mol. The van der Waals surface area contributed by atoms with Crippen molar-refractivity contribution >= 4 is 0 Å². The maximum atomic E-state index is 9.93. The van der Waals surface area contributed by atoms with Gasteiger partial charge in [0.25, 0.3) is 0 Å². The lowest BCUT2D eigenvalue weighted by atomic mass is 10.1. The lowest BCUT2D eigenvalue weighted by Crippen LogP contribution is -2.33. The molecule has 1 aromatic carbocycles. The number of nitrogens with one attached hydrogen (secondary N) is 2. The van der Waals surface area contributed by atoms with Crippen molar-refractivity contribution in [3.05, 3.63) is 23.8 Å². The first kappa shape index (κ1) is 14.1. The standard InChI is InChI=1S/C14H23N3O2/c1-19-13-2-3-14(18)12(10-13)11-17-8-6-15-4-5-16-7-9-17/h2-3,10,15-16,18H,4-9,11H2,1H3. The van der Waals surface area contributed by atoms with E-state index < -0.39 is 0 Å². The van der Waals surface area contributed by atoms with Crippen LogP contribution in [0.2, 0.25) is 0 Å². The Bertz CT molecular complexity index is 388. The Kier molecular flexibility index (Phi) is 5.44. The van der Waals surface area contributed by atoms with Crippen LogP contribution in [-0.2, 0) is 6.54 Å². The highest BCUT2D eigenvalue weighted by molar-refractivity contribution is 5.39. The minimum absolute atomic E-state index is 0.335. The van der Waals surface area contributed by atoms with Crippen molar-refractivity contribution in [2.45, 2.75) is 6.54 Å². The first-order valence-corrected chi connectivity index (χ1v) is 6.79. The molecule has 3 N–H and O–H groups in total. The summed E-state index contributed by atoms with van der Waals surface area (Å²) in [5, 5.41) is 16.7. The molecule has 0 amide bonds. The van der Waals surface area contributed by atoms with Crippen LogP contribution in [0.15, 0.2) is 18.2 Å². The van der Waals surface area contributed by atoms with Crippen molar-refractivity contribution in [2.24, 2.45) is 0 Å². The van der Waals surface area contributed by atoms with E-state index in [1.54, 1.807) is 19.2 Å². The molecule has 1 aliphatic rings. The maximum Gasteiger partial charge on any atom is 0.120 e. The molecule has 0 aliphatic carbocycles. The first-order valence-electron chi connectivity index (χ1n) is 6.79. The first-order chi connectivity index (χ1) is 9.29. The van der Waals surface area contributed by atoms with E-state index in [9.17, 15) is 5.11 Å². The SMILES string of the molecule is COc1ccc(O)c(CN2CCNCCNCC2)c1. The highest BCUT2D eigenvalue weighted by atomic mass is 16.5. The monoisotopic (exact) mass is 265 g/mol. The number of ether oxygens (including phenoxy) is 1. The summed E-state index contributed by atoms with van der Waals surface area (Å²) in [6.45, 7) is 6.69. The summed E-state index contributed by atoms with van der Waals surface area (Å²) in [6.07, 6.45) is 0. The molecule has 1 heterocycles. The minimum atomic E-state index is 0.335. The fourth-order valence-corrected chi connectivity index (χ4v) is 2.23. The molecule has 0 unspecified atom stereocenters. The maximum absolute atomic E-state index is 9.93. The molecule has 1 aliphatic heterocycles. The number of methoxy groups -OCH3 is 1. The number of rotatable bonds is 3. The summed E-state index contributed by atoms with van der Waals surface area (Å²) in [6, 6.07) is 5.38. The summed E-state index contributed by atoms with van der Waals surface area (Å²) in [5.41, 5.74) is 0.915. The van der Waals surface area contributed by atoms with Crippen molar-refractivity contribution in [2.75, 3.05) is 46.4 Å². The van der Waals surface area contributed by atoms with Crippen LogP contribution in [0.5, 0.6) is 11.5 Å². The summed E-state index contributed by atoms with van der Waals surface area (Å²) < 4.78 is 5.21. The summed E-state index contributed by atoms with van der Waals surface area (Å²) in [4.78, 5) is 2.33. The Morgan fingerprint density at radius 3 is 2.47 bits per heavy atom. The average Bonchev–Trinajstić information content (AvgIpc) is 2.55. The Morgan fingerprint density at radius 2 is 1.84 bits per heavy atom. The molecule has 0 saturated carbocycles. The number of hydrogen-bond acceptors (Lipinski definition) is 5. The van der Waals surface area contributed by atoms with Crippen molar-refractivity contribution in [1.29, 1.82) is 0 Å². The quantitative estimate of drug-likeness (QED) is 0.738. The summed E-state index contributed by atoms with van der Waals surface area (Å²) >= 11 is 0. The van der Waals surface area contributed by atoms with E-state index in [-0.39, 0.29) is 0 Å². The molecule has 5 nitrogen and oxygen atoms in total. The van der Waals surface area contributed by atoms with Crippen molar-refractivity contribution < 1.29 is 9.84 Å². The van der Waals surface area contributed by atoms with Crippen LogP contribution in [-0.4, -0.2) is 56.4 Å². The zero-order chi connectivity index (χ0) is 13.5. The average molecular weight is 265 g/mol. The van der Waals surface area contributed by atoms with Crippen LogP contribution < -0.4 is 15.4 Å². The van der Waals surface area contributed by atoms with E-state index >= 15 is 0 Å². The molecule has 5 heteroatoms. The van der Waals surface area contributed by atoms with Gasteiger partial charge in [-0.15, -0.1) is 0 Å². The fourth-order valence-electron chi connectivity index (χ4n) is 2.23. The van der Waals surface area contributed by atoms with Gasteiger partial charge in [0.15, 0.2) is 0 Å². The van der Waals surface area contributed by atoms with Gasteiger partial charge in [0.05, 0.1) is 7.11 Å². The molecular formula is C14H23N3O2. The van der Waals surface area contributed by atoms with Gasteiger partial charge in [-0.05, 0) is 18.2 Å². The van der Waals surface area contributed by atoms with E-state index in [0.717, 1.165) is 57.1 Å². The van der Waals surface area contributed by atoms with Gasteiger partial charge in [-0.2, -0.15) is 0 Å². The number of phenolic OH excluding ortho intramolecular Hbond substituents is 1. The van der Waals surface area contributed by atoms with Crippen molar-refractivity contribution in [3.63, 3.8) is 0 Å². The molecule has 0 bridgehead atoms. The Balaban J connectivity index is 2.01. The van der Waals surface area contributed by atoms with Crippen molar-refractivity contribution in [3.8, 4) is 11.5 Å². The van der Waals surface area contributed by atoms with Crippen LogP contribution in [0.1, 0.15) is 5.56 Å². The van der Waals surface area contributed by atoms with Gasteiger partial charge in [0, 0.05) is 51.4 Å². The van der Waals surface area contributed by atoms with Crippen LogP contribution in [0.4, 0.5) is 0 Å². The van der Waals surface area contributed by atoms with Crippen LogP contribution in [0.25, 0.3) is 0 Å². The van der Waals surface area contributed by atoms with Gasteiger partial charge in [-0.3, -0.25) is 4.90 Å². The van der Waals surface area contributed by atoms with Crippen LogP contribution in [0.3, 0.4) is 0 Å². The van der Waals surface area contributed by atoms with E-state index in [1.165, 1.54) is 0 Å². The molecule has 1 saturated heterocycles. The van der Waals surface area contributed by atoms with Crippen molar-refractivity contribution in [1.82, 2.24) is 15.5 Å². The highest BCUT2D eigenvalue weighted by Gasteiger charge is 2.11. The highest BCUT2D eigenvalue weighted by Crippen LogP contribution is 2.24. The molecule has 0 radical (unpaired) electrons. The third kappa shape index (κ3) is 4.38. The van der Waals surface area contributed by atoms with Crippen LogP contribution >= 0.6 is 0 Å².